The van der Waals surface area contributed by atoms with Gasteiger partial charge < -0.3 is 15.7 Å². The zero-order valence-corrected chi connectivity index (χ0v) is 14.2. The molecule has 1 atom stereocenters. The average Bonchev–Trinajstić information content (AvgIpc) is 2.58. The second-order valence-electron chi connectivity index (χ2n) is 5.95. The second-order valence-corrected chi connectivity index (χ2v) is 5.95. The second kappa shape index (κ2) is 8.01. The first-order chi connectivity index (χ1) is 12.2. The van der Waals surface area contributed by atoms with Crippen LogP contribution in [0.1, 0.15) is 25.1 Å². The highest BCUT2D eigenvalue weighted by Crippen LogP contribution is 2.30. The molecule has 26 heavy (non-hydrogen) atoms. The van der Waals surface area contributed by atoms with E-state index in [1.54, 1.807) is 18.2 Å². The molecule has 0 unspecified atom stereocenters. The standard InChI is InChI=1S/C17H18F3N5O/c1-10(2)13(9-26)23-16-24-14(17(18,19)20)7-15(25-16)22-12-5-3-4-11(6-12)8-21/h3-7,10,13,26H,9H2,1-2H3,(H2,22,23,24,25)/t13-/m1/s1. The lowest BCUT2D eigenvalue weighted by atomic mass is 10.1. The van der Waals surface area contributed by atoms with Crippen LogP contribution in [0.5, 0.6) is 0 Å². The largest absolute Gasteiger partial charge is 0.433 e. The Kier molecular flexibility index (Phi) is 6.00. The molecular formula is C17H18F3N5O. The van der Waals surface area contributed by atoms with Crippen LogP contribution < -0.4 is 10.6 Å². The maximum absolute atomic E-state index is 13.1. The van der Waals surface area contributed by atoms with E-state index >= 15 is 0 Å². The first-order valence-electron chi connectivity index (χ1n) is 7.83. The molecule has 3 N–H and O–H groups in total. The average molecular weight is 365 g/mol. The minimum Gasteiger partial charge on any atom is -0.394 e. The number of alkyl halides is 3. The van der Waals surface area contributed by atoms with Gasteiger partial charge in [-0.25, -0.2) is 4.98 Å². The van der Waals surface area contributed by atoms with Crippen LogP contribution in [-0.2, 0) is 6.18 Å². The van der Waals surface area contributed by atoms with Gasteiger partial charge in [0.25, 0.3) is 0 Å². The molecule has 2 rings (SSSR count). The molecule has 0 aliphatic rings. The number of aliphatic hydroxyl groups is 1. The van der Waals surface area contributed by atoms with Crippen molar-refractivity contribution in [2.24, 2.45) is 5.92 Å². The van der Waals surface area contributed by atoms with E-state index < -0.39 is 17.9 Å². The predicted molar refractivity (Wildman–Crippen MR) is 90.8 cm³/mol. The van der Waals surface area contributed by atoms with Crippen LogP contribution in [-0.4, -0.2) is 27.7 Å². The van der Waals surface area contributed by atoms with Gasteiger partial charge in [0.15, 0.2) is 5.69 Å². The van der Waals surface area contributed by atoms with Crippen molar-refractivity contribution in [1.82, 2.24) is 9.97 Å². The van der Waals surface area contributed by atoms with Gasteiger partial charge in [-0.15, -0.1) is 0 Å². The van der Waals surface area contributed by atoms with Gasteiger partial charge in [-0.1, -0.05) is 19.9 Å². The minimum atomic E-state index is -4.66. The first kappa shape index (κ1) is 19.5. The third-order valence-electron chi connectivity index (χ3n) is 3.60. The van der Waals surface area contributed by atoms with E-state index in [0.29, 0.717) is 11.3 Å². The van der Waals surface area contributed by atoms with Crippen LogP contribution in [0.2, 0.25) is 0 Å². The number of aliphatic hydroxyl groups excluding tert-OH is 1. The summed E-state index contributed by atoms with van der Waals surface area (Å²) in [5.74, 6) is -0.362. The van der Waals surface area contributed by atoms with E-state index in [0.717, 1.165) is 6.07 Å². The van der Waals surface area contributed by atoms with E-state index in [1.165, 1.54) is 6.07 Å². The van der Waals surface area contributed by atoms with Gasteiger partial charge in [0.1, 0.15) is 5.82 Å². The Labute approximate surface area is 148 Å². The number of rotatable bonds is 6. The number of anilines is 3. The summed E-state index contributed by atoms with van der Waals surface area (Å²) in [7, 11) is 0. The van der Waals surface area contributed by atoms with Crippen LogP contribution >= 0.6 is 0 Å². The smallest absolute Gasteiger partial charge is 0.394 e. The molecule has 0 spiro atoms. The van der Waals surface area contributed by atoms with E-state index in [1.807, 2.05) is 19.9 Å². The number of nitriles is 1. The van der Waals surface area contributed by atoms with Crippen molar-refractivity contribution in [3.63, 3.8) is 0 Å². The SMILES string of the molecule is CC(C)[C@@H](CO)Nc1nc(Nc2cccc(C#N)c2)cc(C(F)(F)F)n1. The lowest BCUT2D eigenvalue weighted by Gasteiger charge is -2.21. The maximum atomic E-state index is 13.1. The summed E-state index contributed by atoms with van der Waals surface area (Å²) in [5.41, 5.74) is -0.336. The molecule has 1 aromatic carbocycles. The number of hydrogen-bond donors (Lipinski definition) is 3. The van der Waals surface area contributed by atoms with Crippen molar-refractivity contribution < 1.29 is 18.3 Å². The number of nitrogens with one attached hydrogen (secondary N) is 2. The Morgan fingerprint density at radius 3 is 2.54 bits per heavy atom. The van der Waals surface area contributed by atoms with Crippen LogP contribution in [0.3, 0.4) is 0 Å². The fourth-order valence-corrected chi connectivity index (χ4v) is 2.12. The zero-order chi connectivity index (χ0) is 19.3. The van der Waals surface area contributed by atoms with Gasteiger partial charge in [-0.3, -0.25) is 0 Å². The summed E-state index contributed by atoms with van der Waals surface area (Å²) in [5, 5.41) is 23.8. The van der Waals surface area contributed by atoms with E-state index in [9.17, 15) is 18.3 Å². The molecule has 0 saturated carbocycles. The first-order valence-corrected chi connectivity index (χ1v) is 7.83. The van der Waals surface area contributed by atoms with Gasteiger partial charge in [-0.05, 0) is 24.1 Å². The molecule has 0 aliphatic heterocycles. The molecule has 138 valence electrons. The molecule has 0 radical (unpaired) electrons. The lowest BCUT2D eigenvalue weighted by molar-refractivity contribution is -0.141. The summed E-state index contributed by atoms with van der Waals surface area (Å²) in [6.07, 6.45) is -4.66. The Bertz CT molecular complexity index is 802. The highest BCUT2D eigenvalue weighted by atomic mass is 19.4. The number of benzene rings is 1. The van der Waals surface area contributed by atoms with Crippen molar-refractivity contribution in [3.8, 4) is 6.07 Å². The number of halogens is 3. The van der Waals surface area contributed by atoms with Gasteiger partial charge in [0.2, 0.25) is 5.95 Å². The molecule has 2 aromatic rings. The number of hydrogen-bond acceptors (Lipinski definition) is 6. The molecule has 0 bridgehead atoms. The highest BCUT2D eigenvalue weighted by molar-refractivity contribution is 5.59. The van der Waals surface area contributed by atoms with Crippen LogP contribution in [0.15, 0.2) is 30.3 Å². The molecule has 9 heteroatoms. The normalized spacial score (nSPS) is 12.5. The fourth-order valence-electron chi connectivity index (χ4n) is 2.12. The zero-order valence-electron chi connectivity index (χ0n) is 14.2. The van der Waals surface area contributed by atoms with Crippen LogP contribution in [0.4, 0.5) is 30.6 Å². The van der Waals surface area contributed by atoms with E-state index in [4.69, 9.17) is 5.26 Å². The van der Waals surface area contributed by atoms with Gasteiger partial charge in [-0.2, -0.15) is 23.4 Å². The highest BCUT2D eigenvalue weighted by Gasteiger charge is 2.34. The molecule has 0 fully saturated rings. The summed E-state index contributed by atoms with van der Waals surface area (Å²) in [6, 6.07) is 8.53. The minimum absolute atomic E-state index is 0.0399. The summed E-state index contributed by atoms with van der Waals surface area (Å²) in [6.45, 7) is 3.35. The van der Waals surface area contributed by atoms with Crippen LogP contribution in [0.25, 0.3) is 0 Å². The van der Waals surface area contributed by atoms with E-state index in [-0.39, 0.29) is 24.3 Å². The molecule has 0 saturated heterocycles. The Morgan fingerprint density at radius 2 is 1.96 bits per heavy atom. The summed E-state index contributed by atoms with van der Waals surface area (Å²) in [4.78, 5) is 7.54. The lowest BCUT2D eigenvalue weighted by Crippen LogP contribution is -2.30. The monoisotopic (exact) mass is 365 g/mol. The fraction of sp³-hybridized carbons (Fsp3) is 0.353. The topological polar surface area (TPSA) is 93.9 Å². The summed E-state index contributed by atoms with van der Waals surface area (Å²) < 4.78 is 39.4. The van der Waals surface area contributed by atoms with Gasteiger partial charge in [0.05, 0.1) is 24.3 Å². The third-order valence-corrected chi connectivity index (χ3v) is 3.60. The molecule has 6 nitrogen and oxygen atoms in total. The number of aromatic nitrogens is 2. The third kappa shape index (κ3) is 5.07. The quantitative estimate of drug-likeness (QED) is 0.725. The van der Waals surface area contributed by atoms with Gasteiger partial charge in [0, 0.05) is 11.8 Å². The van der Waals surface area contributed by atoms with Gasteiger partial charge >= 0.3 is 6.18 Å². The van der Waals surface area contributed by atoms with Crippen molar-refractivity contribution in [2.45, 2.75) is 26.1 Å². The Hall–Kier alpha value is -2.86. The van der Waals surface area contributed by atoms with Crippen molar-refractivity contribution >= 4 is 17.5 Å². The van der Waals surface area contributed by atoms with Crippen molar-refractivity contribution in [1.29, 1.82) is 5.26 Å². The van der Waals surface area contributed by atoms with E-state index in [2.05, 4.69) is 20.6 Å². The number of nitrogens with zero attached hydrogens (tertiary/aromatic N) is 3. The Morgan fingerprint density at radius 1 is 1.23 bits per heavy atom. The molecule has 1 aromatic heterocycles. The van der Waals surface area contributed by atoms with Crippen LogP contribution in [0, 0.1) is 17.2 Å². The summed E-state index contributed by atoms with van der Waals surface area (Å²) >= 11 is 0. The molecule has 0 amide bonds. The van der Waals surface area contributed by atoms with Crippen molar-refractivity contribution in [2.75, 3.05) is 17.2 Å². The maximum Gasteiger partial charge on any atom is 0.433 e. The molecule has 1 heterocycles. The predicted octanol–water partition coefficient (Wildman–Crippen LogP) is 3.54. The molecule has 0 aliphatic carbocycles. The Balaban J connectivity index is 2.38. The van der Waals surface area contributed by atoms with Crippen molar-refractivity contribution in [3.05, 3.63) is 41.6 Å². The molecular weight excluding hydrogens is 347 g/mol.